The second kappa shape index (κ2) is 5.74. The molecule has 0 aromatic carbocycles. The maximum absolute atomic E-state index is 2.29. The van der Waals surface area contributed by atoms with E-state index in [2.05, 4.69) is 72.3 Å². The third-order valence-electron chi connectivity index (χ3n) is 4.63. The molecule has 2 aromatic heterocycles. The first kappa shape index (κ1) is 13.3. The fourth-order valence-electron chi connectivity index (χ4n) is 3.36. The first-order chi connectivity index (χ1) is 9.72. The first-order valence-electron chi connectivity index (χ1n) is 7.63. The van der Waals surface area contributed by atoms with Gasteiger partial charge in [0, 0.05) is 24.3 Å². The van der Waals surface area contributed by atoms with Crippen LogP contribution in [0.25, 0.3) is 0 Å². The lowest BCUT2D eigenvalue weighted by molar-refractivity contribution is -0.671. The van der Waals surface area contributed by atoms with Gasteiger partial charge in [-0.25, -0.2) is 9.13 Å². The fraction of sp³-hybridized carbons (Fsp3) is 0.444. The lowest BCUT2D eigenvalue weighted by atomic mass is 9.76. The Labute approximate surface area is 121 Å². The molecule has 2 aromatic rings. The van der Waals surface area contributed by atoms with Crippen molar-refractivity contribution in [3.8, 4) is 0 Å². The Balaban J connectivity index is 1.76. The van der Waals surface area contributed by atoms with Gasteiger partial charge in [-0.3, -0.25) is 0 Å². The molecule has 1 fully saturated rings. The summed E-state index contributed by atoms with van der Waals surface area (Å²) in [6, 6.07) is 9.16. The molecule has 104 valence electrons. The van der Waals surface area contributed by atoms with Crippen LogP contribution in [0, 0.1) is 0 Å². The molecular formula is C18H24N2+2. The van der Waals surface area contributed by atoms with Gasteiger partial charge in [0.05, 0.1) is 0 Å². The van der Waals surface area contributed by atoms with Crippen LogP contribution in [0.1, 0.15) is 48.6 Å². The Bertz CT molecular complexity index is 505. The van der Waals surface area contributed by atoms with Gasteiger partial charge in [0.25, 0.3) is 0 Å². The van der Waals surface area contributed by atoms with Gasteiger partial charge in [0.1, 0.15) is 14.1 Å². The Morgan fingerprint density at radius 2 is 1.15 bits per heavy atom. The summed E-state index contributed by atoms with van der Waals surface area (Å²) in [5.41, 5.74) is 3.02. The van der Waals surface area contributed by atoms with E-state index in [9.17, 15) is 0 Å². The van der Waals surface area contributed by atoms with Crippen molar-refractivity contribution in [1.29, 1.82) is 0 Å². The maximum atomic E-state index is 2.29. The zero-order chi connectivity index (χ0) is 13.9. The predicted octanol–water partition coefficient (Wildman–Crippen LogP) is 2.78. The van der Waals surface area contributed by atoms with E-state index in [4.69, 9.17) is 0 Å². The molecule has 2 unspecified atom stereocenters. The average molecular weight is 268 g/mol. The minimum Gasteiger partial charge on any atom is -0.208 e. The van der Waals surface area contributed by atoms with E-state index in [1.165, 1.54) is 36.8 Å². The predicted molar refractivity (Wildman–Crippen MR) is 79.2 cm³/mol. The van der Waals surface area contributed by atoms with Gasteiger partial charge in [0.15, 0.2) is 24.8 Å². The lowest BCUT2D eigenvalue weighted by Crippen LogP contribution is -2.27. The van der Waals surface area contributed by atoms with Crippen molar-refractivity contribution in [3.63, 3.8) is 0 Å². The second-order valence-electron chi connectivity index (χ2n) is 6.15. The van der Waals surface area contributed by atoms with Crippen molar-refractivity contribution >= 4 is 0 Å². The van der Waals surface area contributed by atoms with Gasteiger partial charge in [0.2, 0.25) is 0 Å². The summed E-state index contributed by atoms with van der Waals surface area (Å²) < 4.78 is 4.22. The van der Waals surface area contributed by atoms with Crippen LogP contribution in [0.3, 0.4) is 0 Å². The highest BCUT2D eigenvalue weighted by Gasteiger charge is 2.25. The van der Waals surface area contributed by atoms with E-state index < -0.39 is 0 Å². The molecule has 1 saturated carbocycles. The molecule has 0 aliphatic heterocycles. The van der Waals surface area contributed by atoms with Crippen LogP contribution in [0.2, 0.25) is 0 Å². The molecule has 0 spiro atoms. The minimum atomic E-state index is 0.726. The molecule has 0 saturated heterocycles. The van der Waals surface area contributed by atoms with Gasteiger partial charge >= 0.3 is 0 Å². The van der Waals surface area contributed by atoms with E-state index in [0.29, 0.717) is 0 Å². The summed E-state index contributed by atoms with van der Waals surface area (Å²) in [7, 11) is 4.16. The zero-order valence-corrected chi connectivity index (χ0v) is 12.5. The molecule has 20 heavy (non-hydrogen) atoms. The number of hydrogen-bond donors (Lipinski definition) is 0. The first-order valence-corrected chi connectivity index (χ1v) is 7.63. The van der Waals surface area contributed by atoms with Crippen LogP contribution in [-0.2, 0) is 14.1 Å². The third kappa shape index (κ3) is 2.90. The van der Waals surface area contributed by atoms with Crippen LogP contribution < -0.4 is 9.13 Å². The highest BCUT2D eigenvalue weighted by molar-refractivity contribution is 5.20. The molecule has 0 radical (unpaired) electrons. The summed E-state index contributed by atoms with van der Waals surface area (Å²) in [6.45, 7) is 0. The highest BCUT2D eigenvalue weighted by atomic mass is 14.9. The summed E-state index contributed by atoms with van der Waals surface area (Å²) in [5.74, 6) is 1.45. The van der Waals surface area contributed by atoms with Crippen molar-refractivity contribution in [2.45, 2.75) is 37.5 Å². The number of aromatic nitrogens is 2. The van der Waals surface area contributed by atoms with E-state index in [1.54, 1.807) is 0 Å². The standard InChI is InChI=1S/C18H24N2/c1-19-10-6-15(7-11-19)17-4-3-5-18(14-17)16-8-12-20(2)13-9-16/h6-13,17-18H,3-5,14H2,1-2H3/q+2. The monoisotopic (exact) mass is 268 g/mol. The second-order valence-corrected chi connectivity index (χ2v) is 6.15. The quantitative estimate of drug-likeness (QED) is 0.740. The van der Waals surface area contributed by atoms with Crippen LogP contribution >= 0.6 is 0 Å². The molecule has 2 heteroatoms. The molecule has 2 atom stereocenters. The number of pyridine rings is 2. The SMILES string of the molecule is C[n+]1ccc(C2CCCC(c3cc[n+](C)cc3)C2)cc1. The smallest absolute Gasteiger partial charge is 0.168 e. The zero-order valence-electron chi connectivity index (χ0n) is 12.5. The molecule has 2 heterocycles. The molecule has 0 N–H and O–H groups in total. The van der Waals surface area contributed by atoms with Crippen molar-refractivity contribution in [1.82, 2.24) is 0 Å². The van der Waals surface area contributed by atoms with Crippen LogP contribution in [0.5, 0.6) is 0 Å². The van der Waals surface area contributed by atoms with Crippen LogP contribution in [-0.4, -0.2) is 0 Å². The molecule has 1 aliphatic carbocycles. The van der Waals surface area contributed by atoms with Crippen molar-refractivity contribution < 1.29 is 9.13 Å². The molecule has 3 rings (SSSR count). The molecular weight excluding hydrogens is 244 g/mol. The van der Waals surface area contributed by atoms with Crippen LogP contribution in [0.15, 0.2) is 49.1 Å². The van der Waals surface area contributed by atoms with Gasteiger partial charge < -0.3 is 0 Å². The van der Waals surface area contributed by atoms with Crippen molar-refractivity contribution in [3.05, 3.63) is 60.2 Å². The summed E-state index contributed by atoms with van der Waals surface area (Å²) in [5, 5.41) is 0. The number of nitrogens with zero attached hydrogens (tertiary/aromatic N) is 2. The van der Waals surface area contributed by atoms with Crippen LogP contribution in [0.4, 0.5) is 0 Å². The van der Waals surface area contributed by atoms with E-state index in [0.717, 1.165) is 11.8 Å². The number of rotatable bonds is 2. The third-order valence-corrected chi connectivity index (χ3v) is 4.63. The Kier molecular flexibility index (Phi) is 3.81. The summed E-state index contributed by atoms with van der Waals surface area (Å²) in [4.78, 5) is 0. The minimum absolute atomic E-state index is 0.726. The Morgan fingerprint density at radius 3 is 1.55 bits per heavy atom. The fourth-order valence-corrected chi connectivity index (χ4v) is 3.36. The van der Waals surface area contributed by atoms with Gasteiger partial charge in [-0.05, 0) is 42.2 Å². The largest absolute Gasteiger partial charge is 0.208 e. The van der Waals surface area contributed by atoms with E-state index >= 15 is 0 Å². The van der Waals surface area contributed by atoms with E-state index in [-0.39, 0.29) is 0 Å². The van der Waals surface area contributed by atoms with Gasteiger partial charge in [-0.15, -0.1) is 0 Å². The molecule has 1 aliphatic rings. The van der Waals surface area contributed by atoms with E-state index in [1.807, 2.05) is 0 Å². The number of hydrogen-bond acceptors (Lipinski definition) is 0. The summed E-state index contributed by atoms with van der Waals surface area (Å²) in [6.07, 6.45) is 14.0. The Morgan fingerprint density at radius 1 is 0.750 bits per heavy atom. The van der Waals surface area contributed by atoms with Crippen molar-refractivity contribution in [2.24, 2.45) is 14.1 Å². The summed E-state index contributed by atoms with van der Waals surface area (Å²) >= 11 is 0. The normalized spacial score (nSPS) is 22.7. The molecule has 0 amide bonds. The number of aryl methyl sites for hydroxylation is 2. The molecule has 2 nitrogen and oxygen atoms in total. The lowest BCUT2D eigenvalue weighted by Gasteiger charge is -2.29. The average Bonchev–Trinajstić information content (AvgIpc) is 2.49. The van der Waals surface area contributed by atoms with Crippen molar-refractivity contribution in [2.75, 3.05) is 0 Å². The van der Waals surface area contributed by atoms with Gasteiger partial charge in [-0.2, -0.15) is 0 Å². The highest BCUT2D eigenvalue weighted by Crippen LogP contribution is 2.40. The molecule has 0 bridgehead atoms. The Hall–Kier alpha value is -1.70. The maximum Gasteiger partial charge on any atom is 0.168 e. The topological polar surface area (TPSA) is 7.76 Å². The van der Waals surface area contributed by atoms with Gasteiger partial charge in [-0.1, -0.05) is 6.42 Å².